The molecule has 0 aliphatic rings. The fraction of sp³-hybridized carbons (Fsp3) is 0.400. The summed E-state index contributed by atoms with van der Waals surface area (Å²) >= 11 is 0. The Balaban J connectivity index is 2.49. The largest absolute Gasteiger partial charge is 0.351 e. The third-order valence-electron chi connectivity index (χ3n) is 2.91. The molecular weight excluding hydrogens is 224 g/mol. The monoisotopic (exact) mass is 246 g/mol. The van der Waals surface area contributed by atoms with E-state index in [-0.39, 0.29) is 11.9 Å². The van der Waals surface area contributed by atoms with E-state index in [1.54, 1.807) is 6.08 Å². The maximum absolute atomic E-state index is 11.7. The van der Waals surface area contributed by atoms with Gasteiger partial charge in [-0.25, -0.2) is 0 Å². The lowest BCUT2D eigenvalue weighted by Crippen LogP contribution is -2.41. The van der Waals surface area contributed by atoms with Gasteiger partial charge in [-0.1, -0.05) is 37.3 Å². The molecule has 1 aromatic carbocycles. The van der Waals surface area contributed by atoms with Crippen molar-refractivity contribution in [2.75, 3.05) is 6.54 Å². The van der Waals surface area contributed by atoms with Crippen LogP contribution in [0.3, 0.4) is 0 Å². The minimum atomic E-state index is -0.199. The summed E-state index contributed by atoms with van der Waals surface area (Å²) in [4.78, 5) is 11.7. The number of benzene rings is 1. The zero-order valence-electron chi connectivity index (χ0n) is 11.2. The fourth-order valence-corrected chi connectivity index (χ4v) is 1.76. The molecule has 98 valence electrons. The summed E-state index contributed by atoms with van der Waals surface area (Å²) < 4.78 is 0. The molecule has 0 saturated heterocycles. The lowest BCUT2D eigenvalue weighted by molar-refractivity contribution is -0.122. The predicted molar refractivity (Wildman–Crippen MR) is 75.3 cm³/mol. The highest BCUT2D eigenvalue weighted by atomic mass is 16.2. The smallest absolute Gasteiger partial charge is 0.237 e. The molecule has 2 N–H and O–H groups in total. The molecule has 1 unspecified atom stereocenters. The molecule has 0 aliphatic heterocycles. The van der Waals surface area contributed by atoms with Crippen molar-refractivity contribution in [1.29, 1.82) is 0 Å². The van der Waals surface area contributed by atoms with Gasteiger partial charge in [-0.2, -0.15) is 0 Å². The van der Waals surface area contributed by atoms with Gasteiger partial charge in [0.2, 0.25) is 5.91 Å². The Hall–Kier alpha value is -1.61. The highest BCUT2D eigenvalue weighted by molar-refractivity contribution is 5.81. The number of aryl methyl sites for hydroxylation is 1. The van der Waals surface area contributed by atoms with Crippen LogP contribution in [0.2, 0.25) is 0 Å². The van der Waals surface area contributed by atoms with Gasteiger partial charge in [0.15, 0.2) is 0 Å². The van der Waals surface area contributed by atoms with E-state index in [1.165, 1.54) is 11.1 Å². The number of carbonyl (C=O) groups is 1. The summed E-state index contributed by atoms with van der Waals surface area (Å²) in [6.07, 6.45) is 2.69. The molecule has 3 heteroatoms. The quantitative estimate of drug-likeness (QED) is 0.723. The topological polar surface area (TPSA) is 41.1 Å². The maximum Gasteiger partial charge on any atom is 0.237 e. The molecule has 0 aliphatic carbocycles. The van der Waals surface area contributed by atoms with Crippen LogP contribution in [0.5, 0.6) is 0 Å². The summed E-state index contributed by atoms with van der Waals surface area (Å²) in [6, 6.07) is 8.09. The van der Waals surface area contributed by atoms with Crippen molar-refractivity contribution in [3.63, 3.8) is 0 Å². The van der Waals surface area contributed by atoms with Gasteiger partial charge in [0, 0.05) is 13.1 Å². The van der Waals surface area contributed by atoms with Crippen LogP contribution in [0, 0.1) is 0 Å². The van der Waals surface area contributed by atoms with E-state index in [9.17, 15) is 4.79 Å². The van der Waals surface area contributed by atoms with E-state index in [0.29, 0.717) is 13.1 Å². The zero-order valence-corrected chi connectivity index (χ0v) is 11.2. The number of amides is 1. The van der Waals surface area contributed by atoms with Crippen molar-refractivity contribution in [2.24, 2.45) is 0 Å². The molecular formula is C15H22N2O. The van der Waals surface area contributed by atoms with Crippen LogP contribution in [0.15, 0.2) is 36.9 Å². The van der Waals surface area contributed by atoms with Crippen LogP contribution in [0.25, 0.3) is 0 Å². The molecule has 0 saturated carbocycles. The first-order chi connectivity index (χ1) is 8.69. The molecule has 0 heterocycles. The fourth-order valence-electron chi connectivity index (χ4n) is 1.76. The molecule has 3 nitrogen and oxygen atoms in total. The minimum absolute atomic E-state index is 0.00359. The van der Waals surface area contributed by atoms with E-state index < -0.39 is 0 Å². The second-order valence-electron chi connectivity index (χ2n) is 4.26. The van der Waals surface area contributed by atoms with Gasteiger partial charge in [-0.3, -0.25) is 4.79 Å². The molecule has 1 atom stereocenters. The van der Waals surface area contributed by atoms with Crippen molar-refractivity contribution in [3.8, 4) is 0 Å². The van der Waals surface area contributed by atoms with E-state index in [0.717, 1.165) is 6.42 Å². The molecule has 0 radical (unpaired) electrons. The van der Waals surface area contributed by atoms with Crippen LogP contribution in [0.1, 0.15) is 25.0 Å². The molecule has 0 spiro atoms. The van der Waals surface area contributed by atoms with Crippen LogP contribution < -0.4 is 10.6 Å². The normalized spacial score (nSPS) is 11.9. The summed E-state index contributed by atoms with van der Waals surface area (Å²) in [6.45, 7) is 8.80. The highest BCUT2D eigenvalue weighted by Crippen LogP contribution is 2.09. The molecule has 1 amide bonds. The second-order valence-corrected chi connectivity index (χ2v) is 4.26. The van der Waals surface area contributed by atoms with Gasteiger partial charge in [0.05, 0.1) is 6.04 Å². The Kier molecular flexibility index (Phi) is 6.15. The Morgan fingerprint density at radius 3 is 2.67 bits per heavy atom. The van der Waals surface area contributed by atoms with Crippen LogP contribution in [0.4, 0.5) is 0 Å². The van der Waals surface area contributed by atoms with E-state index >= 15 is 0 Å². The molecule has 18 heavy (non-hydrogen) atoms. The summed E-state index contributed by atoms with van der Waals surface area (Å²) in [5.41, 5.74) is 2.58. The van der Waals surface area contributed by atoms with Crippen LogP contribution >= 0.6 is 0 Å². The van der Waals surface area contributed by atoms with Crippen molar-refractivity contribution in [1.82, 2.24) is 10.6 Å². The van der Waals surface area contributed by atoms with Crippen molar-refractivity contribution < 1.29 is 4.79 Å². The number of rotatable bonds is 7. The SMILES string of the molecule is C=CCNC(=O)C(C)NCc1ccccc1CC. The van der Waals surface area contributed by atoms with Crippen LogP contribution in [-0.4, -0.2) is 18.5 Å². The average molecular weight is 246 g/mol. The Morgan fingerprint density at radius 1 is 1.39 bits per heavy atom. The van der Waals surface area contributed by atoms with Gasteiger partial charge in [0.25, 0.3) is 0 Å². The molecule has 1 rings (SSSR count). The third-order valence-corrected chi connectivity index (χ3v) is 2.91. The lowest BCUT2D eigenvalue weighted by atomic mass is 10.1. The van der Waals surface area contributed by atoms with Crippen molar-refractivity contribution in [3.05, 3.63) is 48.0 Å². The number of hydrogen-bond donors (Lipinski definition) is 2. The Morgan fingerprint density at radius 2 is 2.06 bits per heavy atom. The lowest BCUT2D eigenvalue weighted by Gasteiger charge is -2.15. The predicted octanol–water partition coefficient (Wildman–Crippen LogP) is 2.03. The van der Waals surface area contributed by atoms with Crippen molar-refractivity contribution >= 4 is 5.91 Å². The second kappa shape index (κ2) is 7.67. The standard InChI is InChI=1S/C15H22N2O/c1-4-10-16-15(18)12(3)17-11-14-9-7-6-8-13(14)5-2/h4,6-9,12,17H,1,5,10-11H2,2-3H3,(H,16,18). The van der Waals surface area contributed by atoms with Gasteiger partial charge < -0.3 is 10.6 Å². The first-order valence-electron chi connectivity index (χ1n) is 6.37. The third kappa shape index (κ3) is 4.34. The van der Waals surface area contributed by atoms with Gasteiger partial charge in [-0.05, 0) is 24.5 Å². The molecule has 0 bridgehead atoms. The van der Waals surface area contributed by atoms with Crippen LogP contribution in [-0.2, 0) is 17.8 Å². The van der Waals surface area contributed by atoms with Gasteiger partial charge in [-0.15, -0.1) is 6.58 Å². The van der Waals surface area contributed by atoms with Crippen molar-refractivity contribution in [2.45, 2.75) is 32.9 Å². The summed E-state index contributed by atoms with van der Waals surface area (Å²) in [7, 11) is 0. The minimum Gasteiger partial charge on any atom is -0.351 e. The zero-order chi connectivity index (χ0) is 13.4. The Bertz CT molecular complexity index is 401. The van der Waals surface area contributed by atoms with Gasteiger partial charge >= 0.3 is 0 Å². The number of hydrogen-bond acceptors (Lipinski definition) is 2. The van der Waals surface area contributed by atoms with E-state index in [2.05, 4.69) is 36.3 Å². The highest BCUT2D eigenvalue weighted by Gasteiger charge is 2.11. The summed E-state index contributed by atoms with van der Waals surface area (Å²) in [5.74, 6) is 0.00359. The first-order valence-corrected chi connectivity index (χ1v) is 6.37. The van der Waals surface area contributed by atoms with E-state index in [4.69, 9.17) is 0 Å². The maximum atomic E-state index is 11.7. The number of carbonyl (C=O) groups excluding carboxylic acids is 1. The summed E-state index contributed by atoms with van der Waals surface area (Å²) in [5, 5.41) is 6.01. The molecule has 0 fully saturated rings. The number of nitrogens with one attached hydrogen (secondary N) is 2. The Labute approximate surface area is 109 Å². The molecule has 0 aromatic heterocycles. The first kappa shape index (κ1) is 14.5. The molecule has 1 aromatic rings. The average Bonchev–Trinajstić information content (AvgIpc) is 2.42. The van der Waals surface area contributed by atoms with Gasteiger partial charge in [0.1, 0.15) is 0 Å². The van der Waals surface area contributed by atoms with E-state index in [1.807, 2.05) is 19.1 Å².